The summed E-state index contributed by atoms with van der Waals surface area (Å²) in [6.45, 7) is 5.72. The number of carbonyl (C=O) groups excluding carboxylic acids is 1. The van der Waals surface area contributed by atoms with Gasteiger partial charge in [-0.3, -0.25) is 4.79 Å². The second-order valence-electron chi connectivity index (χ2n) is 4.59. The molecule has 2 aromatic rings. The fourth-order valence-electron chi connectivity index (χ4n) is 2.13. The zero-order chi connectivity index (χ0) is 15.9. The van der Waals surface area contributed by atoms with Crippen molar-refractivity contribution in [1.29, 1.82) is 0 Å². The largest absolute Gasteiger partial charge is 0.495 e. The Balaban J connectivity index is 2.21. The molecule has 0 aliphatic rings. The number of aromatic nitrogens is 2. The number of methoxy groups -OCH3 is 1. The number of hydrogen-bond donors (Lipinski definition) is 1. The van der Waals surface area contributed by atoms with Gasteiger partial charge in [0.05, 0.1) is 12.8 Å². The molecule has 0 atom stereocenters. The molecule has 0 spiro atoms. The predicted octanol–water partition coefficient (Wildman–Crippen LogP) is 2.58. The third kappa shape index (κ3) is 3.52. The molecule has 1 amide bonds. The zero-order valence-electron chi connectivity index (χ0n) is 13.0. The molecule has 0 radical (unpaired) electrons. The van der Waals surface area contributed by atoms with Gasteiger partial charge in [0.1, 0.15) is 23.6 Å². The molecule has 6 heteroatoms. The summed E-state index contributed by atoms with van der Waals surface area (Å²) in [5.41, 5.74) is 0.931. The number of nitrogens with zero attached hydrogens (tertiary/aromatic N) is 3. The Morgan fingerprint density at radius 3 is 2.64 bits per heavy atom. The first-order valence-corrected chi connectivity index (χ1v) is 7.21. The number of rotatable bonds is 6. The van der Waals surface area contributed by atoms with E-state index in [1.165, 1.54) is 6.33 Å². The summed E-state index contributed by atoms with van der Waals surface area (Å²) >= 11 is 0. The standard InChI is InChI=1S/C16H20N4O2/c1-4-20(5-2)15-10-13(17-11-18-15)16(21)19-12-8-6-7-9-14(12)22-3/h6-11H,4-5H2,1-3H3,(H,19,21). The molecule has 0 unspecified atom stereocenters. The van der Waals surface area contributed by atoms with E-state index in [1.807, 2.05) is 26.0 Å². The molecular weight excluding hydrogens is 280 g/mol. The minimum atomic E-state index is -0.291. The normalized spacial score (nSPS) is 10.1. The maximum atomic E-state index is 12.4. The van der Waals surface area contributed by atoms with Gasteiger partial charge in [0.25, 0.3) is 5.91 Å². The van der Waals surface area contributed by atoms with E-state index in [0.29, 0.717) is 17.1 Å². The van der Waals surface area contributed by atoms with E-state index < -0.39 is 0 Å². The number of ether oxygens (including phenoxy) is 1. The van der Waals surface area contributed by atoms with Crippen LogP contribution in [-0.2, 0) is 0 Å². The molecule has 1 heterocycles. The molecule has 6 nitrogen and oxygen atoms in total. The highest BCUT2D eigenvalue weighted by molar-refractivity contribution is 6.04. The van der Waals surface area contributed by atoms with Crippen molar-refractivity contribution in [3.05, 3.63) is 42.4 Å². The molecule has 116 valence electrons. The van der Waals surface area contributed by atoms with Crippen molar-refractivity contribution in [2.45, 2.75) is 13.8 Å². The fraction of sp³-hybridized carbons (Fsp3) is 0.312. The summed E-state index contributed by atoms with van der Waals surface area (Å²) in [5, 5.41) is 2.81. The van der Waals surface area contributed by atoms with Crippen LogP contribution >= 0.6 is 0 Å². The van der Waals surface area contributed by atoms with Gasteiger partial charge >= 0.3 is 0 Å². The van der Waals surface area contributed by atoms with Gasteiger partial charge in [-0.15, -0.1) is 0 Å². The zero-order valence-corrected chi connectivity index (χ0v) is 13.0. The first-order valence-electron chi connectivity index (χ1n) is 7.21. The van der Waals surface area contributed by atoms with Crippen molar-refractivity contribution in [2.24, 2.45) is 0 Å². The van der Waals surface area contributed by atoms with Crippen LogP contribution < -0.4 is 15.0 Å². The van der Waals surface area contributed by atoms with Gasteiger partial charge < -0.3 is 15.0 Å². The summed E-state index contributed by atoms with van der Waals surface area (Å²) in [5.74, 6) is 1.05. The Bertz CT molecular complexity index is 642. The van der Waals surface area contributed by atoms with Gasteiger partial charge in [0.15, 0.2) is 0 Å². The van der Waals surface area contributed by atoms with Crippen LogP contribution in [0, 0.1) is 0 Å². The van der Waals surface area contributed by atoms with Crippen LogP contribution in [0.4, 0.5) is 11.5 Å². The lowest BCUT2D eigenvalue weighted by Crippen LogP contribution is -2.24. The van der Waals surface area contributed by atoms with Crippen LogP contribution in [0.25, 0.3) is 0 Å². The van der Waals surface area contributed by atoms with Crippen molar-refractivity contribution >= 4 is 17.4 Å². The SMILES string of the molecule is CCN(CC)c1cc(C(=O)Nc2ccccc2OC)ncn1. The first kappa shape index (κ1) is 15.8. The van der Waals surface area contributed by atoms with Crippen molar-refractivity contribution in [2.75, 3.05) is 30.4 Å². The summed E-state index contributed by atoms with van der Waals surface area (Å²) in [7, 11) is 1.56. The van der Waals surface area contributed by atoms with Crippen molar-refractivity contribution in [1.82, 2.24) is 9.97 Å². The molecule has 1 aromatic heterocycles. The Kier molecular flexibility index (Phi) is 5.30. The number of amides is 1. The monoisotopic (exact) mass is 300 g/mol. The van der Waals surface area contributed by atoms with Crippen molar-refractivity contribution < 1.29 is 9.53 Å². The van der Waals surface area contributed by atoms with Crippen molar-refractivity contribution in [3.8, 4) is 5.75 Å². The first-order chi connectivity index (χ1) is 10.7. The van der Waals surface area contributed by atoms with Gasteiger partial charge in [-0.2, -0.15) is 0 Å². The quantitative estimate of drug-likeness (QED) is 0.888. The number of para-hydroxylation sites is 2. The fourth-order valence-corrected chi connectivity index (χ4v) is 2.13. The van der Waals surface area contributed by atoms with E-state index in [2.05, 4.69) is 20.2 Å². The molecule has 0 aliphatic carbocycles. The molecule has 0 bridgehead atoms. The van der Waals surface area contributed by atoms with Gasteiger partial charge in [-0.1, -0.05) is 12.1 Å². The van der Waals surface area contributed by atoms with E-state index >= 15 is 0 Å². The molecule has 0 aliphatic heterocycles. The van der Waals surface area contributed by atoms with Crippen molar-refractivity contribution in [3.63, 3.8) is 0 Å². The van der Waals surface area contributed by atoms with E-state index in [-0.39, 0.29) is 5.91 Å². The third-order valence-corrected chi connectivity index (χ3v) is 3.33. The highest BCUT2D eigenvalue weighted by Gasteiger charge is 2.13. The lowest BCUT2D eigenvalue weighted by molar-refractivity contribution is 0.102. The van der Waals surface area contributed by atoms with Gasteiger partial charge in [0.2, 0.25) is 0 Å². The van der Waals surface area contributed by atoms with E-state index in [0.717, 1.165) is 18.9 Å². The maximum Gasteiger partial charge on any atom is 0.274 e. The Labute approximate surface area is 130 Å². The highest BCUT2D eigenvalue weighted by Crippen LogP contribution is 2.23. The Morgan fingerprint density at radius 1 is 1.23 bits per heavy atom. The third-order valence-electron chi connectivity index (χ3n) is 3.33. The van der Waals surface area contributed by atoms with Crippen LogP contribution in [-0.4, -0.2) is 36.1 Å². The van der Waals surface area contributed by atoms with Gasteiger partial charge in [0, 0.05) is 19.2 Å². The minimum absolute atomic E-state index is 0.291. The predicted molar refractivity (Wildman–Crippen MR) is 86.5 cm³/mol. The highest BCUT2D eigenvalue weighted by atomic mass is 16.5. The Hall–Kier alpha value is -2.63. The smallest absolute Gasteiger partial charge is 0.274 e. The Morgan fingerprint density at radius 2 is 1.95 bits per heavy atom. The summed E-state index contributed by atoms with van der Waals surface area (Å²) in [4.78, 5) is 22.7. The van der Waals surface area contributed by atoms with Crippen LogP contribution in [0.15, 0.2) is 36.7 Å². The maximum absolute atomic E-state index is 12.4. The molecule has 22 heavy (non-hydrogen) atoms. The lowest BCUT2D eigenvalue weighted by Gasteiger charge is -2.19. The molecule has 2 rings (SSSR count). The van der Waals surface area contributed by atoms with Crippen LogP contribution in [0.1, 0.15) is 24.3 Å². The van der Waals surface area contributed by atoms with Gasteiger partial charge in [-0.05, 0) is 26.0 Å². The van der Waals surface area contributed by atoms with E-state index in [9.17, 15) is 4.79 Å². The topological polar surface area (TPSA) is 67.4 Å². The molecule has 0 saturated carbocycles. The summed E-state index contributed by atoms with van der Waals surface area (Å²) < 4.78 is 5.22. The summed E-state index contributed by atoms with van der Waals surface area (Å²) in [6.07, 6.45) is 1.41. The molecule has 0 saturated heterocycles. The number of benzene rings is 1. The van der Waals surface area contributed by atoms with Crippen LogP contribution in [0.2, 0.25) is 0 Å². The molecular formula is C16H20N4O2. The molecule has 1 N–H and O–H groups in total. The van der Waals surface area contributed by atoms with E-state index in [1.54, 1.807) is 25.3 Å². The lowest BCUT2D eigenvalue weighted by atomic mass is 10.2. The molecule has 0 fully saturated rings. The van der Waals surface area contributed by atoms with Gasteiger partial charge in [-0.25, -0.2) is 9.97 Å². The second kappa shape index (κ2) is 7.40. The summed E-state index contributed by atoms with van der Waals surface area (Å²) in [6, 6.07) is 8.94. The number of carbonyl (C=O) groups is 1. The molecule has 1 aromatic carbocycles. The second-order valence-corrected chi connectivity index (χ2v) is 4.59. The van der Waals surface area contributed by atoms with Crippen LogP contribution in [0.3, 0.4) is 0 Å². The number of nitrogens with one attached hydrogen (secondary N) is 1. The number of anilines is 2. The average molecular weight is 300 g/mol. The number of hydrogen-bond acceptors (Lipinski definition) is 5. The minimum Gasteiger partial charge on any atom is -0.495 e. The van der Waals surface area contributed by atoms with E-state index in [4.69, 9.17) is 4.74 Å². The van der Waals surface area contributed by atoms with Crippen LogP contribution in [0.5, 0.6) is 5.75 Å². The average Bonchev–Trinajstić information content (AvgIpc) is 2.57.